The van der Waals surface area contributed by atoms with E-state index in [0.29, 0.717) is 5.69 Å². The second kappa shape index (κ2) is 10.3. The van der Waals surface area contributed by atoms with Crippen molar-refractivity contribution < 1.29 is 33.9 Å². The third-order valence-electron chi connectivity index (χ3n) is 5.43. The van der Waals surface area contributed by atoms with E-state index in [9.17, 15) is 24.3 Å². The largest absolute Gasteiger partial charge is 0.478 e. The maximum Gasteiger partial charge on any atom is 0.413 e. The molecule has 4 rings (SSSR count). The number of ether oxygens (including phenoxy) is 1. The first-order valence-electron chi connectivity index (χ1n) is 11.5. The Morgan fingerprint density at radius 3 is 2.68 bits per heavy atom. The van der Waals surface area contributed by atoms with Crippen LogP contribution >= 0.6 is 11.3 Å². The van der Waals surface area contributed by atoms with Crippen molar-refractivity contribution in [2.45, 2.75) is 70.0 Å². The number of anilines is 1. The third-order valence-corrected chi connectivity index (χ3v) is 6.19. The van der Waals surface area contributed by atoms with Crippen LogP contribution in [0.2, 0.25) is 0 Å². The molecule has 17 heteroatoms. The lowest BCUT2D eigenvalue weighted by molar-refractivity contribution is -0.153. The van der Waals surface area contributed by atoms with Gasteiger partial charge in [0.05, 0.1) is 24.5 Å². The van der Waals surface area contributed by atoms with Crippen molar-refractivity contribution in [3.8, 4) is 0 Å². The van der Waals surface area contributed by atoms with Gasteiger partial charge in [-0.2, -0.15) is 15.0 Å². The fourth-order valence-electron chi connectivity index (χ4n) is 3.29. The number of nitrogens with one attached hydrogen (secondary N) is 3. The maximum atomic E-state index is 13.2. The van der Waals surface area contributed by atoms with Crippen LogP contribution in [0.15, 0.2) is 16.7 Å². The summed E-state index contributed by atoms with van der Waals surface area (Å²) in [6, 6.07) is -1.48. The molecule has 1 saturated carbocycles. The van der Waals surface area contributed by atoms with Crippen molar-refractivity contribution >= 4 is 46.1 Å². The molecule has 0 bridgehead atoms. The number of carbonyl (C=O) groups excluding carboxylic acids is 3. The minimum Gasteiger partial charge on any atom is -0.478 e. The van der Waals surface area contributed by atoms with E-state index in [0.717, 1.165) is 11.3 Å². The van der Waals surface area contributed by atoms with Crippen LogP contribution in [-0.4, -0.2) is 78.0 Å². The SMILES string of the molecule is CC(C)(C)OC(=O)Nc1nc(C(=NOC2(C(=O)O)CC2)C(=O)N[C@@H]2C(=O)N[C@@H]2Cn2ncc(CN)n2)cs1. The van der Waals surface area contributed by atoms with Gasteiger partial charge in [0.15, 0.2) is 10.8 Å². The fourth-order valence-corrected chi connectivity index (χ4v) is 3.97. The number of nitrogens with two attached hydrogens (primary N) is 1. The van der Waals surface area contributed by atoms with E-state index in [1.54, 1.807) is 20.8 Å². The van der Waals surface area contributed by atoms with Crippen LogP contribution < -0.4 is 21.7 Å². The van der Waals surface area contributed by atoms with Crippen molar-refractivity contribution in [1.82, 2.24) is 30.6 Å². The summed E-state index contributed by atoms with van der Waals surface area (Å²) >= 11 is 0.986. The van der Waals surface area contributed by atoms with Crippen LogP contribution in [-0.2, 0) is 37.0 Å². The molecule has 2 fully saturated rings. The summed E-state index contributed by atoms with van der Waals surface area (Å²) in [6.45, 7) is 5.47. The number of β-lactam (4-membered cyclic amide) rings is 1. The molecule has 16 nitrogen and oxygen atoms in total. The quantitative estimate of drug-likeness (QED) is 0.145. The Morgan fingerprint density at radius 2 is 2.11 bits per heavy atom. The summed E-state index contributed by atoms with van der Waals surface area (Å²) in [4.78, 5) is 59.8. The first-order valence-corrected chi connectivity index (χ1v) is 12.4. The third kappa shape index (κ3) is 6.23. The van der Waals surface area contributed by atoms with Crippen molar-refractivity contribution in [1.29, 1.82) is 0 Å². The molecule has 0 radical (unpaired) electrons. The summed E-state index contributed by atoms with van der Waals surface area (Å²) < 4.78 is 5.20. The number of hydrogen-bond donors (Lipinski definition) is 5. The van der Waals surface area contributed by atoms with E-state index >= 15 is 0 Å². The van der Waals surface area contributed by atoms with Crippen molar-refractivity contribution in [3.05, 3.63) is 23.0 Å². The summed E-state index contributed by atoms with van der Waals surface area (Å²) in [7, 11) is 0. The molecule has 1 aliphatic heterocycles. The molecule has 2 aromatic rings. The summed E-state index contributed by atoms with van der Waals surface area (Å²) in [5.41, 5.74) is 3.47. The molecule has 2 aromatic heterocycles. The number of aromatic nitrogens is 4. The monoisotopic (exact) mass is 549 g/mol. The molecule has 1 aliphatic carbocycles. The molecule has 2 atom stereocenters. The Balaban J connectivity index is 1.50. The number of carboxylic acids is 1. The first-order chi connectivity index (χ1) is 17.9. The highest BCUT2D eigenvalue weighted by Crippen LogP contribution is 2.40. The van der Waals surface area contributed by atoms with Gasteiger partial charge in [-0.3, -0.25) is 14.9 Å². The lowest BCUT2D eigenvalue weighted by Gasteiger charge is -2.36. The number of amides is 3. The van der Waals surface area contributed by atoms with Crippen LogP contribution in [0.1, 0.15) is 45.0 Å². The van der Waals surface area contributed by atoms with Gasteiger partial charge >= 0.3 is 12.1 Å². The maximum absolute atomic E-state index is 13.2. The molecule has 0 aromatic carbocycles. The van der Waals surface area contributed by atoms with Crippen LogP contribution in [0.5, 0.6) is 0 Å². The van der Waals surface area contributed by atoms with Gasteiger partial charge in [-0.15, -0.1) is 11.3 Å². The van der Waals surface area contributed by atoms with Crippen molar-refractivity contribution in [3.63, 3.8) is 0 Å². The van der Waals surface area contributed by atoms with Crippen LogP contribution in [0.4, 0.5) is 9.93 Å². The molecule has 3 heterocycles. The average Bonchev–Trinajstić information content (AvgIpc) is 3.26. The number of rotatable bonds is 10. The molecule has 2 aliphatic rings. The van der Waals surface area contributed by atoms with E-state index in [1.807, 2.05) is 0 Å². The minimum absolute atomic E-state index is 0.00244. The van der Waals surface area contributed by atoms with Crippen LogP contribution in [0.25, 0.3) is 0 Å². The molecular formula is C21H27N9O7S. The lowest BCUT2D eigenvalue weighted by atomic mass is 9.98. The Hall–Kier alpha value is -4.12. The van der Waals surface area contributed by atoms with Gasteiger partial charge in [-0.1, -0.05) is 5.16 Å². The van der Waals surface area contributed by atoms with E-state index in [-0.39, 0.29) is 42.5 Å². The first kappa shape index (κ1) is 26.9. The number of oxime groups is 1. The predicted octanol–water partition coefficient (Wildman–Crippen LogP) is -0.438. The second-order valence-corrected chi connectivity index (χ2v) is 10.5. The molecule has 3 amide bonds. The van der Waals surface area contributed by atoms with Crippen molar-refractivity contribution in [2.24, 2.45) is 10.9 Å². The fraction of sp³-hybridized carbons (Fsp3) is 0.524. The van der Waals surface area contributed by atoms with Gasteiger partial charge in [0.2, 0.25) is 11.5 Å². The normalized spacial score (nSPS) is 20.1. The zero-order valence-corrected chi connectivity index (χ0v) is 21.6. The van der Waals surface area contributed by atoms with Crippen LogP contribution in [0.3, 0.4) is 0 Å². The number of thiazole rings is 1. The van der Waals surface area contributed by atoms with E-state index in [2.05, 4.69) is 36.3 Å². The number of nitrogens with zero attached hydrogens (tertiary/aromatic N) is 5. The standard InChI is InChI=1S/C21H27N9O7S/c1-20(2,3)36-19(35)27-18-25-12(9-38-18)14(29-37-21(4-5-21)17(33)34)16(32)26-13-11(24-15(13)31)8-30-23-7-10(6-22)28-30/h7,9,11,13H,4-6,8,22H2,1-3H3,(H,24,31)(H,26,32)(H,33,34)(H,25,27,35)/t11-,13+/m1/s1. The van der Waals surface area contributed by atoms with Gasteiger partial charge in [-0.25, -0.2) is 14.6 Å². The minimum atomic E-state index is -1.53. The second-order valence-electron chi connectivity index (χ2n) is 9.66. The summed E-state index contributed by atoms with van der Waals surface area (Å²) in [5.74, 6) is -2.49. The highest BCUT2D eigenvalue weighted by molar-refractivity contribution is 7.14. The summed E-state index contributed by atoms with van der Waals surface area (Å²) in [6.07, 6.45) is 1.19. The topological polar surface area (TPSA) is 225 Å². The number of carboxylic acid groups (broad SMARTS) is 1. The molecule has 204 valence electrons. The summed E-state index contributed by atoms with van der Waals surface area (Å²) in [5, 5.41) is 30.7. The van der Waals surface area contributed by atoms with Gasteiger partial charge in [0, 0.05) is 24.8 Å². The zero-order valence-electron chi connectivity index (χ0n) is 20.8. The van der Waals surface area contributed by atoms with E-state index < -0.39 is 47.2 Å². The lowest BCUT2D eigenvalue weighted by Crippen LogP contribution is -2.70. The number of aliphatic carboxylic acids is 1. The Bertz CT molecular complexity index is 1280. The number of hydrogen-bond acceptors (Lipinski definition) is 12. The number of carbonyl (C=O) groups is 4. The Labute approximate surface area is 219 Å². The molecule has 0 unspecified atom stereocenters. The molecule has 38 heavy (non-hydrogen) atoms. The Morgan fingerprint density at radius 1 is 1.37 bits per heavy atom. The predicted molar refractivity (Wildman–Crippen MR) is 131 cm³/mol. The van der Waals surface area contributed by atoms with Gasteiger partial charge < -0.3 is 31.0 Å². The van der Waals surface area contributed by atoms with Gasteiger partial charge in [-0.05, 0) is 20.8 Å². The zero-order chi connectivity index (χ0) is 27.7. The van der Waals surface area contributed by atoms with Gasteiger partial charge in [0.25, 0.3) is 5.91 Å². The van der Waals surface area contributed by atoms with Gasteiger partial charge in [0.1, 0.15) is 17.3 Å². The molecular weight excluding hydrogens is 522 g/mol. The molecule has 1 saturated heterocycles. The molecule has 6 N–H and O–H groups in total. The smallest absolute Gasteiger partial charge is 0.413 e. The Kier molecular flexibility index (Phi) is 7.32. The van der Waals surface area contributed by atoms with E-state index in [1.165, 1.54) is 16.4 Å². The molecule has 0 spiro atoms. The van der Waals surface area contributed by atoms with Crippen LogP contribution in [0, 0.1) is 0 Å². The highest BCUT2D eigenvalue weighted by atomic mass is 32.1. The van der Waals surface area contributed by atoms with Crippen molar-refractivity contribution in [2.75, 3.05) is 5.32 Å². The highest BCUT2D eigenvalue weighted by Gasteiger charge is 2.55. The van der Waals surface area contributed by atoms with E-state index in [4.69, 9.17) is 15.3 Å². The average molecular weight is 550 g/mol.